The van der Waals surface area contributed by atoms with E-state index in [0.717, 1.165) is 6.42 Å². The fourth-order valence-corrected chi connectivity index (χ4v) is 2.78. The monoisotopic (exact) mass is 227 g/mol. The van der Waals surface area contributed by atoms with E-state index in [1.807, 2.05) is 25.0 Å². The van der Waals surface area contributed by atoms with Crippen LogP contribution in [0, 0.1) is 0 Å². The van der Waals surface area contributed by atoms with Gasteiger partial charge >= 0.3 is 0 Å². The van der Waals surface area contributed by atoms with Gasteiger partial charge in [0.15, 0.2) is 0 Å². The molecule has 17 heavy (non-hydrogen) atoms. The van der Waals surface area contributed by atoms with Gasteiger partial charge in [0.2, 0.25) is 0 Å². The Hall–Kier alpha value is -1.61. The molecule has 0 saturated carbocycles. The SMILES string of the molecule is CNC1CCc2c(-c3cnn(C)c3)cccc21. The Morgan fingerprint density at radius 3 is 3.00 bits per heavy atom. The molecule has 2 aromatic rings. The van der Waals surface area contributed by atoms with Gasteiger partial charge in [-0.05, 0) is 36.6 Å². The third-order valence-corrected chi connectivity index (χ3v) is 3.64. The Morgan fingerprint density at radius 2 is 2.29 bits per heavy atom. The maximum Gasteiger partial charge on any atom is 0.0568 e. The van der Waals surface area contributed by atoms with Crippen molar-refractivity contribution >= 4 is 0 Å². The van der Waals surface area contributed by atoms with Crippen LogP contribution in [0.1, 0.15) is 23.6 Å². The molecule has 0 spiro atoms. The average Bonchev–Trinajstić information content (AvgIpc) is 2.94. The van der Waals surface area contributed by atoms with E-state index in [-0.39, 0.29) is 0 Å². The molecule has 3 nitrogen and oxygen atoms in total. The summed E-state index contributed by atoms with van der Waals surface area (Å²) in [6.45, 7) is 0. The zero-order valence-electron chi connectivity index (χ0n) is 10.3. The molecule has 1 aromatic heterocycles. The number of nitrogens with zero attached hydrogens (tertiary/aromatic N) is 2. The van der Waals surface area contributed by atoms with Gasteiger partial charge in [-0.15, -0.1) is 0 Å². The Labute approximate surface area is 101 Å². The number of rotatable bonds is 2. The van der Waals surface area contributed by atoms with Crippen LogP contribution in [-0.2, 0) is 13.5 Å². The zero-order chi connectivity index (χ0) is 11.8. The molecule has 1 unspecified atom stereocenters. The molecule has 1 aliphatic rings. The second-order valence-corrected chi connectivity index (χ2v) is 4.66. The van der Waals surface area contributed by atoms with E-state index in [9.17, 15) is 0 Å². The van der Waals surface area contributed by atoms with Crippen molar-refractivity contribution in [2.24, 2.45) is 7.05 Å². The fourth-order valence-electron chi connectivity index (χ4n) is 2.78. The number of hydrogen-bond acceptors (Lipinski definition) is 2. The molecule has 0 fully saturated rings. The first-order valence-corrected chi connectivity index (χ1v) is 6.07. The van der Waals surface area contributed by atoms with Gasteiger partial charge in [-0.1, -0.05) is 18.2 Å². The quantitative estimate of drug-likeness (QED) is 0.853. The summed E-state index contributed by atoms with van der Waals surface area (Å²) in [7, 11) is 4.00. The Balaban J connectivity index is 2.11. The van der Waals surface area contributed by atoms with Gasteiger partial charge in [0.05, 0.1) is 6.20 Å². The van der Waals surface area contributed by atoms with E-state index in [0.29, 0.717) is 6.04 Å². The van der Waals surface area contributed by atoms with Crippen molar-refractivity contribution in [3.8, 4) is 11.1 Å². The topological polar surface area (TPSA) is 29.9 Å². The van der Waals surface area contributed by atoms with E-state index in [1.54, 1.807) is 0 Å². The standard InChI is InChI=1S/C14H17N3/c1-15-14-7-6-12-11(4-3-5-13(12)14)10-8-16-17(2)9-10/h3-5,8-9,14-15H,6-7H2,1-2H3. The predicted octanol–water partition coefficient (Wildman–Crippen LogP) is 2.29. The molecule has 1 aromatic carbocycles. The highest BCUT2D eigenvalue weighted by molar-refractivity contribution is 5.68. The van der Waals surface area contributed by atoms with Crippen LogP contribution in [-0.4, -0.2) is 16.8 Å². The summed E-state index contributed by atoms with van der Waals surface area (Å²) in [6.07, 6.45) is 6.39. The first kappa shape index (κ1) is 10.5. The number of nitrogens with one attached hydrogen (secondary N) is 1. The van der Waals surface area contributed by atoms with Crippen molar-refractivity contribution < 1.29 is 0 Å². The minimum Gasteiger partial charge on any atom is -0.313 e. The molecule has 1 atom stereocenters. The number of benzene rings is 1. The smallest absolute Gasteiger partial charge is 0.0568 e. The third-order valence-electron chi connectivity index (χ3n) is 3.64. The normalized spacial score (nSPS) is 18.4. The van der Waals surface area contributed by atoms with E-state index < -0.39 is 0 Å². The van der Waals surface area contributed by atoms with E-state index in [2.05, 4.69) is 34.8 Å². The van der Waals surface area contributed by atoms with Crippen molar-refractivity contribution in [2.75, 3.05) is 7.05 Å². The molecule has 0 radical (unpaired) electrons. The number of aryl methyl sites for hydroxylation is 1. The van der Waals surface area contributed by atoms with Gasteiger partial charge in [0.1, 0.15) is 0 Å². The van der Waals surface area contributed by atoms with Gasteiger partial charge in [-0.2, -0.15) is 5.10 Å². The molecule has 1 heterocycles. The average molecular weight is 227 g/mol. The highest BCUT2D eigenvalue weighted by Gasteiger charge is 2.23. The lowest BCUT2D eigenvalue weighted by Crippen LogP contribution is -2.12. The zero-order valence-corrected chi connectivity index (χ0v) is 10.3. The lowest BCUT2D eigenvalue weighted by Gasteiger charge is -2.11. The molecule has 3 heteroatoms. The molecule has 1 N–H and O–H groups in total. The Bertz CT molecular complexity index is 542. The number of fused-ring (bicyclic) bond motifs is 1. The van der Waals surface area contributed by atoms with Crippen LogP contribution in [0.15, 0.2) is 30.6 Å². The van der Waals surface area contributed by atoms with Gasteiger partial charge in [0.25, 0.3) is 0 Å². The van der Waals surface area contributed by atoms with E-state index >= 15 is 0 Å². The molecule has 88 valence electrons. The minimum absolute atomic E-state index is 0.515. The van der Waals surface area contributed by atoms with Crippen molar-refractivity contribution in [2.45, 2.75) is 18.9 Å². The summed E-state index contributed by atoms with van der Waals surface area (Å²) in [5, 5.41) is 7.64. The van der Waals surface area contributed by atoms with Crippen LogP contribution in [0.3, 0.4) is 0 Å². The van der Waals surface area contributed by atoms with Crippen molar-refractivity contribution in [1.82, 2.24) is 15.1 Å². The maximum atomic E-state index is 4.26. The number of hydrogen-bond donors (Lipinski definition) is 1. The fraction of sp³-hybridized carbons (Fsp3) is 0.357. The molecular formula is C14H17N3. The summed E-state index contributed by atoms with van der Waals surface area (Å²) in [4.78, 5) is 0. The summed E-state index contributed by atoms with van der Waals surface area (Å²) in [5.74, 6) is 0. The Kier molecular flexibility index (Phi) is 2.48. The Morgan fingerprint density at radius 1 is 1.41 bits per heavy atom. The lowest BCUT2D eigenvalue weighted by atomic mass is 9.98. The highest BCUT2D eigenvalue weighted by atomic mass is 15.2. The van der Waals surface area contributed by atoms with Crippen LogP contribution in [0.4, 0.5) is 0 Å². The second kappa shape index (κ2) is 4.00. The second-order valence-electron chi connectivity index (χ2n) is 4.66. The van der Waals surface area contributed by atoms with E-state index in [1.165, 1.54) is 28.7 Å². The van der Waals surface area contributed by atoms with Crippen LogP contribution in [0.2, 0.25) is 0 Å². The summed E-state index contributed by atoms with van der Waals surface area (Å²) >= 11 is 0. The molecule has 0 bridgehead atoms. The van der Waals surface area contributed by atoms with Gasteiger partial charge in [-0.25, -0.2) is 0 Å². The van der Waals surface area contributed by atoms with Gasteiger partial charge in [0, 0.05) is 24.8 Å². The van der Waals surface area contributed by atoms with Crippen LogP contribution in [0.5, 0.6) is 0 Å². The van der Waals surface area contributed by atoms with Gasteiger partial charge in [-0.3, -0.25) is 4.68 Å². The maximum absolute atomic E-state index is 4.26. The largest absolute Gasteiger partial charge is 0.313 e. The lowest BCUT2D eigenvalue weighted by molar-refractivity contribution is 0.590. The van der Waals surface area contributed by atoms with E-state index in [4.69, 9.17) is 0 Å². The summed E-state index contributed by atoms with van der Waals surface area (Å²) in [5.41, 5.74) is 5.50. The molecule has 3 rings (SSSR count). The van der Waals surface area contributed by atoms with Crippen LogP contribution in [0.25, 0.3) is 11.1 Å². The first-order chi connectivity index (χ1) is 8.29. The highest BCUT2D eigenvalue weighted by Crippen LogP contribution is 2.37. The molecule has 1 aliphatic carbocycles. The summed E-state index contributed by atoms with van der Waals surface area (Å²) < 4.78 is 1.86. The number of aromatic nitrogens is 2. The first-order valence-electron chi connectivity index (χ1n) is 6.07. The minimum atomic E-state index is 0.515. The molecule has 0 aliphatic heterocycles. The van der Waals surface area contributed by atoms with Crippen molar-refractivity contribution in [1.29, 1.82) is 0 Å². The van der Waals surface area contributed by atoms with Crippen LogP contribution < -0.4 is 5.32 Å². The van der Waals surface area contributed by atoms with Crippen molar-refractivity contribution in [3.63, 3.8) is 0 Å². The summed E-state index contributed by atoms with van der Waals surface area (Å²) in [6, 6.07) is 7.11. The van der Waals surface area contributed by atoms with Crippen molar-refractivity contribution in [3.05, 3.63) is 41.7 Å². The third kappa shape index (κ3) is 1.67. The molecule has 0 amide bonds. The van der Waals surface area contributed by atoms with Gasteiger partial charge < -0.3 is 5.32 Å². The molecular weight excluding hydrogens is 210 g/mol. The predicted molar refractivity (Wildman–Crippen MR) is 68.8 cm³/mol. The van der Waals surface area contributed by atoms with Crippen LogP contribution >= 0.6 is 0 Å². The molecule has 0 saturated heterocycles.